The summed E-state index contributed by atoms with van der Waals surface area (Å²) in [4.78, 5) is 0. The predicted octanol–water partition coefficient (Wildman–Crippen LogP) is 5.33. The Morgan fingerprint density at radius 3 is 1.92 bits per heavy atom. The molecule has 0 aliphatic carbocycles. The van der Waals surface area contributed by atoms with Crippen molar-refractivity contribution in [1.29, 1.82) is 0 Å². The van der Waals surface area contributed by atoms with Crippen LogP contribution >= 0.6 is 0 Å². The summed E-state index contributed by atoms with van der Waals surface area (Å²) < 4.78 is 0. The van der Waals surface area contributed by atoms with Crippen molar-refractivity contribution in [2.24, 2.45) is 0 Å². The van der Waals surface area contributed by atoms with E-state index in [2.05, 4.69) is 12.1 Å². The second kappa shape index (κ2) is 8.25. The normalized spacial score (nSPS) is 12.6. The fourth-order valence-electron chi connectivity index (χ4n) is 2.67. The lowest BCUT2D eigenvalue weighted by Gasteiger charge is -2.24. The van der Waals surface area contributed by atoms with Gasteiger partial charge in [0.2, 0.25) is 0 Å². The molecule has 24 heavy (non-hydrogen) atoms. The van der Waals surface area contributed by atoms with E-state index in [4.69, 9.17) is 0 Å². The van der Waals surface area contributed by atoms with E-state index in [1.54, 1.807) is 0 Å². The molecule has 1 N–H and O–H groups in total. The van der Waals surface area contributed by atoms with Gasteiger partial charge >= 0.3 is 0 Å². The maximum absolute atomic E-state index is 10.7. The van der Waals surface area contributed by atoms with Crippen molar-refractivity contribution in [3.63, 3.8) is 0 Å². The minimum atomic E-state index is -0.202. The molecule has 0 aliphatic heterocycles. The maximum Gasteiger partial charge on any atom is 0.0787 e. The van der Waals surface area contributed by atoms with Crippen molar-refractivity contribution >= 4 is 6.08 Å². The molecule has 0 heterocycles. The van der Waals surface area contributed by atoms with E-state index < -0.39 is 0 Å². The SMILES string of the molecule is ON(Cc1ccccc1)C(/C=C/c1ccccc1)c1ccccc1. The minimum Gasteiger partial charge on any atom is -0.313 e. The van der Waals surface area contributed by atoms with Crippen LogP contribution in [0, 0.1) is 0 Å². The van der Waals surface area contributed by atoms with Gasteiger partial charge in [-0.25, -0.2) is 0 Å². The Balaban J connectivity index is 1.83. The zero-order valence-electron chi connectivity index (χ0n) is 13.5. The highest BCUT2D eigenvalue weighted by atomic mass is 16.5. The Morgan fingerprint density at radius 1 is 0.750 bits per heavy atom. The van der Waals surface area contributed by atoms with E-state index in [9.17, 15) is 5.21 Å². The second-order valence-corrected chi connectivity index (χ2v) is 5.71. The summed E-state index contributed by atoms with van der Waals surface area (Å²) in [6.45, 7) is 0.472. The molecule has 2 nitrogen and oxygen atoms in total. The van der Waals surface area contributed by atoms with Crippen molar-refractivity contribution in [3.05, 3.63) is 114 Å². The molecule has 3 rings (SSSR count). The molecular formula is C22H21NO. The molecule has 0 amide bonds. The highest BCUT2D eigenvalue weighted by Crippen LogP contribution is 2.23. The molecule has 0 saturated heterocycles. The topological polar surface area (TPSA) is 23.5 Å². The number of hydrogen-bond donors (Lipinski definition) is 1. The van der Waals surface area contributed by atoms with Gasteiger partial charge in [-0.3, -0.25) is 0 Å². The maximum atomic E-state index is 10.7. The van der Waals surface area contributed by atoms with Gasteiger partial charge in [0.1, 0.15) is 0 Å². The third kappa shape index (κ3) is 4.42. The van der Waals surface area contributed by atoms with Crippen LogP contribution in [0.25, 0.3) is 6.08 Å². The van der Waals surface area contributed by atoms with E-state index in [0.717, 1.165) is 16.7 Å². The van der Waals surface area contributed by atoms with Crippen molar-refractivity contribution in [2.45, 2.75) is 12.6 Å². The third-order valence-corrected chi connectivity index (χ3v) is 3.92. The Labute approximate surface area is 143 Å². The summed E-state index contributed by atoms with van der Waals surface area (Å²) in [5.74, 6) is 0. The number of hydroxylamine groups is 2. The molecule has 0 bridgehead atoms. The van der Waals surface area contributed by atoms with Gasteiger partial charge < -0.3 is 5.21 Å². The van der Waals surface area contributed by atoms with E-state index in [1.165, 1.54) is 5.06 Å². The van der Waals surface area contributed by atoms with E-state index in [0.29, 0.717) is 6.54 Å². The zero-order valence-corrected chi connectivity index (χ0v) is 13.5. The summed E-state index contributed by atoms with van der Waals surface area (Å²) >= 11 is 0. The van der Waals surface area contributed by atoms with Crippen molar-refractivity contribution < 1.29 is 5.21 Å². The molecule has 1 unspecified atom stereocenters. The van der Waals surface area contributed by atoms with Crippen molar-refractivity contribution in [2.75, 3.05) is 0 Å². The molecule has 0 radical (unpaired) electrons. The average Bonchev–Trinajstić information content (AvgIpc) is 2.64. The van der Waals surface area contributed by atoms with Crippen LogP contribution in [-0.4, -0.2) is 10.3 Å². The monoisotopic (exact) mass is 315 g/mol. The molecule has 0 aromatic heterocycles. The van der Waals surface area contributed by atoms with Crippen molar-refractivity contribution in [3.8, 4) is 0 Å². The van der Waals surface area contributed by atoms with Gasteiger partial charge in [-0.1, -0.05) is 103 Å². The smallest absolute Gasteiger partial charge is 0.0787 e. The molecular weight excluding hydrogens is 294 g/mol. The molecule has 120 valence electrons. The van der Waals surface area contributed by atoms with Gasteiger partial charge in [-0.15, -0.1) is 0 Å². The van der Waals surface area contributed by atoms with Crippen LogP contribution in [0.3, 0.4) is 0 Å². The number of hydrogen-bond acceptors (Lipinski definition) is 2. The van der Waals surface area contributed by atoms with Crippen LogP contribution < -0.4 is 0 Å². The Morgan fingerprint density at radius 2 is 1.29 bits per heavy atom. The van der Waals surface area contributed by atoms with Crippen LogP contribution in [0.15, 0.2) is 97.1 Å². The Hall–Kier alpha value is -2.68. The third-order valence-electron chi connectivity index (χ3n) is 3.92. The molecule has 0 aliphatic rings. The van der Waals surface area contributed by atoms with Crippen molar-refractivity contribution in [1.82, 2.24) is 5.06 Å². The molecule has 1 atom stereocenters. The number of nitrogens with zero attached hydrogens (tertiary/aromatic N) is 1. The molecule has 0 spiro atoms. The molecule has 0 saturated carbocycles. The lowest BCUT2D eigenvalue weighted by molar-refractivity contribution is -0.123. The van der Waals surface area contributed by atoms with Gasteiger partial charge in [0.25, 0.3) is 0 Å². The van der Waals surface area contributed by atoms with Gasteiger partial charge in [0, 0.05) is 6.54 Å². The molecule has 0 fully saturated rings. The summed E-state index contributed by atoms with van der Waals surface area (Å²) in [6, 6.07) is 30.0. The highest BCUT2D eigenvalue weighted by molar-refractivity contribution is 5.50. The van der Waals surface area contributed by atoms with E-state index >= 15 is 0 Å². The van der Waals surface area contributed by atoms with Crippen LogP contribution in [-0.2, 0) is 6.54 Å². The first-order chi connectivity index (χ1) is 11.8. The second-order valence-electron chi connectivity index (χ2n) is 5.71. The predicted molar refractivity (Wildman–Crippen MR) is 98.4 cm³/mol. The van der Waals surface area contributed by atoms with Crippen LogP contribution in [0.1, 0.15) is 22.7 Å². The standard InChI is InChI=1S/C22H21NO/c24-23(18-20-12-6-2-7-13-20)22(21-14-8-3-9-15-21)17-16-19-10-4-1-5-11-19/h1-17,22,24H,18H2/b17-16+. The van der Waals surface area contributed by atoms with E-state index in [1.807, 2.05) is 91.0 Å². The number of benzene rings is 3. The lowest BCUT2D eigenvalue weighted by Crippen LogP contribution is -2.23. The summed E-state index contributed by atoms with van der Waals surface area (Å²) in [5, 5.41) is 12.1. The largest absolute Gasteiger partial charge is 0.313 e. The Kier molecular flexibility index (Phi) is 5.56. The molecule has 2 heteroatoms. The fourth-order valence-corrected chi connectivity index (χ4v) is 2.67. The number of rotatable bonds is 6. The van der Waals surface area contributed by atoms with Gasteiger partial charge in [-0.2, -0.15) is 5.06 Å². The summed E-state index contributed by atoms with van der Waals surface area (Å²) in [6.07, 6.45) is 4.08. The quantitative estimate of drug-likeness (QED) is 0.621. The minimum absolute atomic E-state index is 0.202. The van der Waals surface area contributed by atoms with Crippen LogP contribution in [0.4, 0.5) is 0 Å². The highest BCUT2D eigenvalue weighted by Gasteiger charge is 2.16. The summed E-state index contributed by atoms with van der Waals surface area (Å²) in [5.41, 5.74) is 3.25. The average molecular weight is 315 g/mol. The molecule has 3 aromatic carbocycles. The zero-order chi connectivity index (χ0) is 16.6. The van der Waals surface area contributed by atoms with Gasteiger partial charge in [-0.05, 0) is 16.7 Å². The lowest BCUT2D eigenvalue weighted by atomic mass is 10.0. The van der Waals surface area contributed by atoms with Crippen LogP contribution in [0.5, 0.6) is 0 Å². The van der Waals surface area contributed by atoms with Gasteiger partial charge in [0.05, 0.1) is 6.04 Å². The first kappa shape index (κ1) is 16.2. The van der Waals surface area contributed by atoms with Crippen LogP contribution in [0.2, 0.25) is 0 Å². The molecule has 3 aromatic rings. The fraction of sp³-hybridized carbons (Fsp3) is 0.0909. The van der Waals surface area contributed by atoms with E-state index in [-0.39, 0.29) is 6.04 Å². The summed E-state index contributed by atoms with van der Waals surface area (Å²) in [7, 11) is 0. The Bertz CT molecular complexity index is 754. The van der Waals surface area contributed by atoms with Gasteiger partial charge in [0.15, 0.2) is 0 Å². The first-order valence-electron chi connectivity index (χ1n) is 8.10. The first-order valence-corrected chi connectivity index (χ1v) is 8.10.